The van der Waals surface area contributed by atoms with Crippen LogP contribution in [0, 0.1) is 0 Å². The number of tetrazole rings is 1. The van der Waals surface area contributed by atoms with Crippen LogP contribution in [0.25, 0.3) is 16.7 Å². The van der Waals surface area contributed by atoms with E-state index < -0.39 is 0 Å². The molecule has 1 N–H and O–H groups in total. The summed E-state index contributed by atoms with van der Waals surface area (Å²) in [6.45, 7) is 2.75. The lowest BCUT2D eigenvalue weighted by Crippen LogP contribution is -2.22. The van der Waals surface area contributed by atoms with Crippen molar-refractivity contribution in [2.75, 3.05) is 11.9 Å². The molecule has 4 aromatic rings. The summed E-state index contributed by atoms with van der Waals surface area (Å²) in [5, 5.41) is 13.9. The van der Waals surface area contributed by atoms with Gasteiger partial charge in [-0.2, -0.15) is 0 Å². The molecule has 0 saturated carbocycles. The molecule has 0 saturated heterocycles. The number of hydrogen-bond donors (Lipinski definition) is 1. The fourth-order valence-electron chi connectivity index (χ4n) is 2.91. The third-order valence-electron chi connectivity index (χ3n) is 4.17. The monoisotopic (exact) mass is 377 g/mol. The fourth-order valence-corrected chi connectivity index (χ4v) is 2.91. The minimum atomic E-state index is -0.266. The van der Waals surface area contributed by atoms with Crippen LogP contribution in [-0.2, 0) is 11.3 Å². The van der Waals surface area contributed by atoms with Crippen molar-refractivity contribution in [3.8, 4) is 11.4 Å². The Kier molecular flexibility index (Phi) is 4.96. The Hall–Kier alpha value is -3.75. The molecule has 9 nitrogen and oxygen atoms in total. The van der Waals surface area contributed by atoms with Crippen LogP contribution in [0.2, 0.25) is 0 Å². The van der Waals surface area contributed by atoms with Crippen molar-refractivity contribution in [1.82, 2.24) is 29.8 Å². The third-order valence-corrected chi connectivity index (χ3v) is 4.17. The van der Waals surface area contributed by atoms with Gasteiger partial charge in [-0.05, 0) is 53.2 Å². The van der Waals surface area contributed by atoms with Crippen LogP contribution in [0.5, 0.6) is 5.75 Å². The molecule has 0 bridgehead atoms. The Morgan fingerprint density at radius 3 is 2.71 bits per heavy atom. The highest BCUT2D eigenvalue weighted by Crippen LogP contribution is 2.20. The highest BCUT2D eigenvalue weighted by molar-refractivity contribution is 5.92. The predicted octanol–water partition coefficient (Wildman–Crippen LogP) is 2.44. The lowest BCUT2D eigenvalue weighted by atomic mass is 10.3. The first-order valence-corrected chi connectivity index (χ1v) is 8.96. The molecule has 0 aliphatic rings. The van der Waals surface area contributed by atoms with Crippen LogP contribution in [0.3, 0.4) is 0 Å². The number of aryl methyl sites for hydroxylation is 1. The molecule has 0 aliphatic heterocycles. The van der Waals surface area contributed by atoms with E-state index in [1.165, 1.54) is 11.0 Å². The Morgan fingerprint density at radius 2 is 1.96 bits per heavy atom. The molecule has 0 radical (unpaired) electrons. The molecule has 28 heavy (non-hydrogen) atoms. The summed E-state index contributed by atoms with van der Waals surface area (Å²) < 4.78 is 9.12. The molecular formula is C19H19N7O2. The van der Waals surface area contributed by atoms with E-state index in [1.807, 2.05) is 41.0 Å². The van der Waals surface area contributed by atoms with Gasteiger partial charge in [-0.3, -0.25) is 10.1 Å². The van der Waals surface area contributed by atoms with Gasteiger partial charge < -0.3 is 9.30 Å². The number of carbonyl (C=O) groups is 1. The number of fused-ring (bicyclic) bond motifs is 1. The largest absolute Gasteiger partial charge is 0.484 e. The summed E-state index contributed by atoms with van der Waals surface area (Å²) in [6, 6.07) is 15.0. The van der Waals surface area contributed by atoms with Crippen LogP contribution in [-0.4, -0.2) is 42.3 Å². The molecular weight excluding hydrogens is 358 g/mol. The number of carbonyl (C=O) groups excluding carboxylic acids is 1. The number of ether oxygens (including phenoxy) is 1. The van der Waals surface area contributed by atoms with Crippen molar-refractivity contribution >= 4 is 22.9 Å². The summed E-state index contributed by atoms with van der Waals surface area (Å²) in [4.78, 5) is 16.9. The van der Waals surface area contributed by atoms with Crippen molar-refractivity contribution < 1.29 is 9.53 Å². The van der Waals surface area contributed by atoms with E-state index in [2.05, 4.69) is 32.7 Å². The molecule has 0 unspecified atom stereocenters. The topological polar surface area (TPSA) is 99.8 Å². The maximum Gasteiger partial charge on any atom is 0.264 e. The zero-order valence-electron chi connectivity index (χ0n) is 15.3. The SMILES string of the molecule is CCCn1c(NC(=O)COc2ccc(-n3cnnn3)cc2)nc2ccccc21. The number of anilines is 1. The van der Waals surface area contributed by atoms with Gasteiger partial charge in [-0.1, -0.05) is 19.1 Å². The van der Waals surface area contributed by atoms with Crippen LogP contribution >= 0.6 is 0 Å². The zero-order valence-corrected chi connectivity index (χ0v) is 15.3. The number of nitrogens with zero attached hydrogens (tertiary/aromatic N) is 6. The highest BCUT2D eigenvalue weighted by Gasteiger charge is 2.13. The van der Waals surface area contributed by atoms with Gasteiger partial charge in [-0.15, -0.1) is 5.10 Å². The van der Waals surface area contributed by atoms with Crippen LogP contribution in [0.15, 0.2) is 54.9 Å². The number of nitrogens with one attached hydrogen (secondary N) is 1. The third kappa shape index (κ3) is 3.68. The molecule has 4 rings (SSSR count). The molecule has 9 heteroatoms. The molecule has 0 fully saturated rings. The Balaban J connectivity index is 1.41. The van der Waals surface area contributed by atoms with E-state index in [1.54, 1.807) is 12.1 Å². The molecule has 2 heterocycles. The minimum Gasteiger partial charge on any atom is -0.484 e. The van der Waals surface area contributed by atoms with Crippen molar-refractivity contribution in [3.63, 3.8) is 0 Å². The summed E-state index contributed by atoms with van der Waals surface area (Å²) in [5.74, 6) is 0.844. The molecule has 2 aromatic carbocycles. The first-order chi connectivity index (χ1) is 13.7. The van der Waals surface area contributed by atoms with Crippen molar-refractivity contribution in [2.45, 2.75) is 19.9 Å². The Bertz CT molecular complexity index is 1070. The number of benzene rings is 2. The summed E-state index contributed by atoms with van der Waals surface area (Å²) in [5.41, 5.74) is 2.65. The van der Waals surface area contributed by atoms with Gasteiger partial charge in [0.2, 0.25) is 5.95 Å². The number of amides is 1. The normalized spacial score (nSPS) is 10.9. The van der Waals surface area contributed by atoms with Gasteiger partial charge >= 0.3 is 0 Å². The molecule has 0 spiro atoms. The lowest BCUT2D eigenvalue weighted by molar-refractivity contribution is -0.118. The van der Waals surface area contributed by atoms with Crippen molar-refractivity contribution in [2.24, 2.45) is 0 Å². The van der Waals surface area contributed by atoms with Gasteiger partial charge in [0.25, 0.3) is 5.91 Å². The van der Waals surface area contributed by atoms with Crippen LogP contribution < -0.4 is 10.1 Å². The van der Waals surface area contributed by atoms with E-state index in [0.29, 0.717) is 11.7 Å². The van der Waals surface area contributed by atoms with Gasteiger partial charge in [0, 0.05) is 6.54 Å². The predicted molar refractivity (Wildman–Crippen MR) is 103 cm³/mol. The van der Waals surface area contributed by atoms with E-state index >= 15 is 0 Å². The second kappa shape index (κ2) is 7.87. The molecule has 0 aliphatic carbocycles. The first kappa shape index (κ1) is 17.7. The number of rotatable bonds is 7. The zero-order chi connectivity index (χ0) is 19.3. The number of imidazole rings is 1. The van der Waals surface area contributed by atoms with Crippen LogP contribution in [0.4, 0.5) is 5.95 Å². The molecule has 142 valence electrons. The van der Waals surface area contributed by atoms with Crippen molar-refractivity contribution in [1.29, 1.82) is 0 Å². The number of para-hydroxylation sites is 2. The molecule has 2 aromatic heterocycles. The molecule has 0 atom stereocenters. The van der Waals surface area contributed by atoms with Gasteiger partial charge in [0.1, 0.15) is 12.1 Å². The smallest absolute Gasteiger partial charge is 0.264 e. The van der Waals surface area contributed by atoms with E-state index in [9.17, 15) is 4.79 Å². The quantitative estimate of drug-likeness (QED) is 0.531. The average Bonchev–Trinajstić information content (AvgIpc) is 3.36. The second-order valence-corrected chi connectivity index (χ2v) is 6.16. The van der Waals surface area contributed by atoms with E-state index in [4.69, 9.17) is 4.74 Å². The average molecular weight is 377 g/mol. The second-order valence-electron chi connectivity index (χ2n) is 6.16. The Morgan fingerprint density at radius 1 is 1.14 bits per heavy atom. The van der Waals surface area contributed by atoms with Gasteiger partial charge in [0.05, 0.1) is 16.7 Å². The minimum absolute atomic E-state index is 0.112. The molecule has 1 amide bonds. The van der Waals surface area contributed by atoms with Crippen LogP contribution in [0.1, 0.15) is 13.3 Å². The van der Waals surface area contributed by atoms with E-state index in [-0.39, 0.29) is 12.5 Å². The van der Waals surface area contributed by atoms with Gasteiger partial charge in [0.15, 0.2) is 6.61 Å². The lowest BCUT2D eigenvalue weighted by Gasteiger charge is -2.10. The fraction of sp³-hybridized carbons (Fsp3) is 0.211. The maximum atomic E-state index is 12.4. The Labute approximate surface area is 160 Å². The number of aromatic nitrogens is 6. The highest BCUT2D eigenvalue weighted by atomic mass is 16.5. The number of hydrogen-bond acceptors (Lipinski definition) is 6. The first-order valence-electron chi connectivity index (χ1n) is 8.96. The standard InChI is InChI=1S/C19H19N7O2/c1-2-11-25-17-6-4-3-5-16(17)21-19(25)22-18(27)12-28-15-9-7-14(8-10-15)26-13-20-23-24-26/h3-10,13H,2,11-12H2,1H3,(H,21,22,27). The van der Waals surface area contributed by atoms with Gasteiger partial charge in [-0.25, -0.2) is 9.67 Å². The summed E-state index contributed by atoms with van der Waals surface area (Å²) in [7, 11) is 0. The van der Waals surface area contributed by atoms with E-state index in [0.717, 1.165) is 29.7 Å². The summed E-state index contributed by atoms with van der Waals surface area (Å²) >= 11 is 0. The summed E-state index contributed by atoms with van der Waals surface area (Å²) in [6.07, 6.45) is 2.44. The maximum absolute atomic E-state index is 12.4. The van der Waals surface area contributed by atoms with Crippen molar-refractivity contribution in [3.05, 3.63) is 54.9 Å².